The fraction of sp³-hybridized carbons (Fsp3) is 0.500. The van der Waals surface area contributed by atoms with Crippen molar-refractivity contribution in [2.24, 2.45) is 11.7 Å². The van der Waals surface area contributed by atoms with E-state index >= 15 is 0 Å². The van der Waals surface area contributed by atoms with Crippen LogP contribution in [0.3, 0.4) is 0 Å². The molecule has 2 aromatic heterocycles. The van der Waals surface area contributed by atoms with Gasteiger partial charge in [0.05, 0.1) is 17.0 Å². The Kier molecular flexibility index (Phi) is 10.7. The topological polar surface area (TPSA) is 59.2 Å². The number of rotatable bonds is 7. The highest BCUT2D eigenvalue weighted by atomic mass is 35.5. The first-order valence-electron chi connectivity index (χ1n) is 7.45. The number of carbonyl (C=O) groups excluding carboxylic acids is 1. The largest absolute Gasteiger partial charge is 0.345 e. The molecule has 0 aliphatic rings. The Morgan fingerprint density at radius 1 is 1.33 bits per heavy atom. The highest BCUT2D eigenvalue weighted by Crippen LogP contribution is 2.27. The summed E-state index contributed by atoms with van der Waals surface area (Å²) in [6.07, 6.45) is 1.19. The van der Waals surface area contributed by atoms with Crippen LogP contribution in [0.5, 0.6) is 0 Å². The maximum Gasteiger partial charge on any atom is 0.228 e. The predicted molar refractivity (Wildman–Crippen MR) is 109 cm³/mol. The van der Waals surface area contributed by atoms with Gasteiger partial charge in [-0.2, -0.15) is 0 Å². The van der Waals surface area contributed by atoms with Crippen molar-refractivity contribution in [2.45, 2.75) is 32.7 Å². The third-order valence-corrected chi connectivity index (χ3v) is 5.63. The van der Waals surface area contributed by atoms with E-state index in [0.717, 1.165) is 22.0 Å². The number of carbonyl (C=O) groups is 1. The van der Waals surface area contributed by atoms with E-state index in [1.165, 1.54) is 0 Å². The second-order valence-electron chi connectivity index (χ2n) is 5.81. The summed E-state index contributed by atoms with van der Waals surface area (Å²) in [5.41, 5.74) is 6.87. The monoisotopic (exact) mass is 409 g/mol. The molecule has 0 saturated carbocycles. The maximum absolute atomic E-state index is 12.2. The molecule has 2 heterocycles. The van der Waals surface area contributed by atoms with E-state index in [9.17, 15) is 4.79 Å². The standard InChI is InChI=1S/C16H23N3OS2.2ClH/c1-11(2)13(17)6-7-19(3)15(20)9-12-10-22-16(18-12)14-5-4-8-21-14;;/h4-5,8,10-11,13H,6-7,9,17H2,1-3H3;2*1H. The van der Waals surface area contributed by atoms with Gasteiger partial charge in [-0.1, -0.05) is 19.9 Å². The van der Waals surface area contributed by atoms with Gasteiger partial charge < -0.3 is 10.6 Å². The smallest absolute Gasteiger partial charge is 0.228 e. The molecule has 0 spiro atoms. The molecule has 24 heavy (non-hydrogen) atoms. The lowest BCUT2D eigenvalue weighted by molar-refractivity contribution is -0.129. The highest BCUT2D eigenvalue weighted by Gasteiger charge is 2.15. The van der Waals surface area contributed by atoms with Crippen LogP contribution in [0.2, 0.25) is 0 Å². The summed E-state index contributed by atoms with van der Waals surface area (Å²) in [7, 11) is 1.84. The average molecular weight is 410 g/mol. The Balaban J connectivity index is 0.00000264. The number of hydrogen-bond donors (Lipinski definition) is 1. The van der Waals surface area contributed by atoms with Crippen LogP contribution in [-0.2, 0) is 11.2 Å². The van der Waals surface area contributed by atoms with E-state index in [1.54, 1.807) is 27.6 Å². The van der Waals surface area contributed by atoms with Crippen LogP contribution in [0.4, 0.5) is 0 Å². The lowest BCUT2D eigenvalue weighted by Crippen LogP contribution is -2.35. The summed E-state index contributed by atoms with van der Waals surface area (Å²) < 4.78 is 0. The van der Waals surface area contributed by atoms with Gasteiger partial charge in [0.2, 0.25) is 5.91 Å². The lowest BCUT2D eigenvalue weighted by atomic mass is 10.0. The van der Waals surface area contributed by atoms with Gasteiger partial charge in [0.25, 0.3) is 0 Å². The summed E-state index contributed by atoms with van der Waals surface area (Å²) in [5, 5.41) is 5.00. The molecule has 0 radical (unpaired) electrons. The van der Waals surface area contributed by atoms with Gasteiger partial charge in [0.1, 0.15) is 5.01 Å². The van der Waals surface area contributed by atoms with Crippen LogP contribution in [0.15, 0.2) is 22.9 Å². The summed E-state index contributed by atoms with van der Waals surface area (Å²) >= 11 is 3.26. The molecule has 2 N–H and O–H groups in total. The molecule has 0 saturated heterocycles. The number of amides is 1. The van der Waals surface area contributed by atoms with Crippen LogP contribution in [0, 0.1) is 5.92 Å². The molecule has 1 unspecified atom stereocenters. The first kappa shape index (κ1) is 23.3. The summed E-state index contributed by atoms with van der Waals surface area (Å²) in [6.45, 7) is 4.90. The highest BCUT2D eigenvalue weighted by molar-refractivity contribution is 7.20. The van der Waals surface area contributed by atoms with Crippen molar-refractivity contribution >= 4 is 53.4 Å². The zero-order valence-corrected chi connectivity index (χ0v) is 17.4. The zero-order valence-electron chi connectivity index (χ0n) is 14.1. The van der Waals surface area contributed by atoms with E-state index in [1.807, 2.05) is 23.9 Å². The molecule has 1 amide bonds. The van der Waals surface area contributed by atoms with Crippen LogP contribution >= 0.6 is 47.5 Å². The van der Waals surface area contributed by atoms with Gasteiger partial charge >= 0.3 is 0 Å². The fourth-order valence-electron chi connectivity index (χ4n) is 1.99. The Bertz CT molecular complexity index is 602. The molecule has 2 rings (SSSR count). The second-order valence-corrected chi connectivity index (χ2v) is 7.62. The first-order chi connectivity index (χ1) is 10.5. The van der Waals surface area contributed by atoms with E-state index in [2.05, 4.69) is 24.9 Å². The Labute approximate surface area is 164 Å². The molecule has 0 aliphatic heterocycles. The molecule has 0 aliphatic carbocycles. The number of nitrogens with two attached hydrogens (primary N) is 1. The van der Waals surface area contributed by atoms with Crippen molar-refractivity contribution in [3.05, 3.63) is 28.6 Å². The minimum absolute atomic E-state index is 0. The van der Waals surface area contributed by atoms with E-state index < -0.39 is 0 Å². The summed E-state index contributed by atoms with van der Waals surface area (Å²) in [6, 6.07) is 4.20. The van der Waals surface area contributed by atoms with Crippen molar-refractivity contribution < 1.29 is 4.79 Å². The molecule has 0 fully saturated rings. The van der Waals surface area contributed by atoms with Gasteiger partial charge in [0, 0.05) is 25.0 Å². The summed E-state index contributed by atoms with van der Waals surface area (Å²) in [5.74, 6) is 0.536. The zero-order chi connectivity index (χ0) is 16.1. The SMILES string of the molecule is CC(C)C(N)CCN(C)C(=O)Cc1csc(-c2cccs2)n1.Cl.Cl. The predicted octanol–water partition coefficient (Wildman–Crippen LogP) is 4.09. The van der Waals surface area contributed by atoms with Crippen molar-refractivity contribution in [3.63, 3.8) is 0 Å². The third kappa shape index (κ3) is 6.69. The van der Waals surface area contributed by atoms with Gasteiger partial charge in [-0.15, -0.1) is 47.5 Å². The molecule has 4 nitrogen and oxygen atoms in total. The van der Waals surface area contributed by atoms with Gasteiger partial charge in [0.15, 0.2) is 0 Å². The molecule has 0 bridgehead atoms. The summed E-state index contributed by atoms with van der Waals surface area (Å²) in [4.78, 5) is 19.7. The van der Waals surface area contributed by atoms with Crippen LogP contribution in [0.1, 0.15) is 26.0 Å². The van der Waals surface area contributed by atoms with E-state index in [-0.39, 0.29) is 36.8 Å². The molecule has 1 atom stereocenters. The molecule has 0 aromatic carbocycles. The van der Waals surface area contributed by atoms with Gasteiger partial charge in [-0.3, -0.25) is 4.79 Å². The minimum Gasteiger partial charge on any atom is -0.345 e. The van der Waals surface area contributed by atoms with Crippen LogP contribution < -0.4 is 5.73 Å². The van der Waals surface area contributed by atoms with Gasteiger partial charge in [-0.25, -0.2) is 4.98 Å². The fourth-order valence-corrected chi connectivity index (χ4v) is 3.63. The second kappa shape index (κ2) is 11.1. The third-order valence-electron chi connectivity index (χ3n) is 3.70. The number of thiazole rings is 1. The maximum atomic E-state index is 12.2. The average Bonchev–Trinajstić information content (AvgIpc) is 3.14. The lowest BCUT2D eigenvalue weighted by Gasteiger charge is -2.21. The molecule has 136 valence electrons. The Morgan fingerprint density at radius 3 is 2.62 bits per heavy atom. The molecule has 2 aromatic rings. The number of halogens is 2. The molecular weight excluding hydrogens is 385 g/mol. The number of aromatic nitrogens is 1. The minimum atomic E-state index is 0. The molecular formula is C16H25Cl2N3OS2. The van der Waals surface area contributed by atoms with Crippen molar-refractivity contribution in [1.29, 1.82) is 0 Å². The number of hydrogen-bond acceptors (Lipinski definition) is 5. The van der Waals surface area contributed by atoms with E-state index in [0.29, 0.717) is 18.9 Å². The van der Waals surface area contributed by atoms with Gasteiger partial charge in [-0.05, 0) is 23.8 Å². The van der Waals surface area contributed by atoms with Crippen LogP contribution in [-0.4, -0.2) is 35.4 Å². The van der Waals surface area contributed by atoms with Crippen molar-refractivity contribution in [2.75, 3.05) is 13.6 Å². The number of likely N-dealkylation sites (N-methyl/N-ethyl adjacent to an activating group) is 1. The van der Waals surface area contributed by atoms with E-state index in [4.69, 9.17) is 5.73 Å². The first-order valence-corrected chi connectivity index (χ1v) is 9.21. The number of nitrogens with zero attached hydrogens (tertiary/aromatic N) is 2. The quantitative estimate of drug-likeness (QED) is 0.748. The van der Waals surface area contributed by atoms with Crippen LogP contribution in [0.25, 0.3) is 9.88 Å². The normalized spacial score (nSPS) is 11.5. The molecule has 8 heteroatoms. The van der Waals surface area contributed by atoms with Crippen molar-refractivity contribution in [3.8, 4) is 9.88 Å². The Hall–Kier alpha value is -0.660. The van der Waals surface area contributed by atoms with Crippen molar-refractivity contribution in [1.82, 2.24) is 9.88 Å². The number of thiophene rings is 1. The Morgan fingerprint density at radius 2 is 2.04 bits per heavy atom.